The Morgan fingerprint density at radius 2 is 1.71 bits per heavy atom. The molecule has 2 aliphatic rings. The number of rotatable bonds is 7. The lowest BCUT2D eigenvalue weighted by atomic mass is 10.1. The zero-order chi connectivity index (χ0) is 24.4. The first-order valence-corrected chi connectivity index (χ1v) is 12.6. The molecular formula is C27H37N5O3. The Morgan fingerprint density at radius 1 is 0.943 bits per heavy atom. The summed E-state index contributed by atoms with van der Waals surface area (Å²) in [6.45, 7) is 13.0. The molecule has 2 aromatic heterocycles. The van der Waals surface area contributed by atoms with E-state index in [0.717, 1.165) is 87.4 Å². The zero-order valence-electron chi connectivity index (χ0n) is 21.4. The predicted molar refractivity (Wildman–Crippen MR) is 139 cm³/mol. The van der Waals surface area contributed by atoms with Gasteiger partial charge in [0.15, 0.2) is 0 Å². The SMILES string of the molecule is COc1ccc(-c2nc3cc(N4CCN(C(C)C)CC4)ccn3c2CN2CCOCC2)c(OC)c1. The number of ether oxygens (including phenoxy) is 3. The van der Waals surface area contributed by atoms with Crippen molar-refractivity contribution in [2.45, 2.75) is 26.4 Å². The van der Waals surface area contributed by atoms with Crippen molar-refractivity contribution >= 4 is 11.3 Å². The lowest BCUT2D eigenvalue weighted by Crippen LogP contribution is -2.48. The summed E-state index contributed by atoms with van der Waals surface area (Å²) in [5.74, 6) is 1.54. The Hall–Kier alpha value is -2.81. The molecule has 0 spiro atoms. The van der Waals surface area contributed by atoms with Crippen molar-refractivity contribution in [1.82, 2.24) is 19.2 Å². The second kappa shape index (κ2) is 10.4. The third-order valence-electron chi connectivity index (χ3n) is 7.26. The minimum Gasteiger partial charge on any atom is -0.497 e. The van der Waals surface area contributed by atoms with Gasteiger partial charge in [0.2, 0.25) is 0 Å². The van der Waals surface area contributed by atoms with Gasteiger partial charge in [-0.2, -0.15) is 0 Å². The van der Waals surface area contributed by atoms with Crippen LogP contribution in [0.1, 0.15) is 19.5 Å². The van der Waals surface area contributed by atoms with Crippen molar-refractivity contribution in [3.05, 3.63) is 42.2 Å². The number of imidazole rings is 1. The summed E-state index contributed by atoms with van der Waals surface area (Å²) in [5.41, 5.74) is 5.30. The number of morpholine rings is 1. The Morgan fingerprint density at radius 3 is 2.40 bits per heavy atom. The van der Waals surface area contributed by atoms with Crippen molar-refractivity contribution in [1.29, 1.82) is 0 Å². The average Bonchev–Trinajstić information content (AvgIpc) is 3.26. The summed E-state index contributed by atoms with van der Waals surface area (Å²) in [7, 11) is 3.37. The van der Waals surface area contributed by atoms with Crippen LogP contribution < -0.4 is 14.4 Å². The number of anilines is 1. The molecule has 0 unspecified atom stereocenters. The van der Waals surface area contributed by atoms with E-state index >= 15 is 0 Å². The maximum Gasteiger partial charge on any atom is 0.139 e. The highest BCUT2D eigenvalue weighted by molar-refractivity contribution is 5.74. The largest absolute Gasteiger partial charge is 0.497 e. The molecule has 8 heteroatoms. The maximum absolute atomic E-state index is 5.76. The van der Waals surface area contributed by atoms with Crippen molar-refractivity contribution in [3.8, 4) is 22.8 Å². The molecule has 0 N–H and O–H groups in total. The monoisotopic (exact) mass is 479 g/mol. The number of pyridine rings is 1. The van der Waals surface area contributed by atoms with Crippen molar-refractivity contribution in [2.75, 3.05) is 71.6 Å². The van der Waals surface area contributed by atoms with E-state index in [0.29, 0.717) is 6.04 Å². The number of piperazine rings is 1. The molecule has 0 aliphatic carbocycles. The fourth-order valence-electron chi connectivity index (χ4n) is 5.11. The molecule has 0 atom stereocenters. The number of nitrogens with zero attached hydrogens (tertiary/aromatic N) is 5. The minimum absolute atomic E-state index is 0.594. The van der Waals surface area contributed by atoms with Crippen LogP contribution in [0.25, 0.3) is 16.9 Å². The van der Waals surface area contributed by atoms with Gasteiger partial charge in [-0.15, -0.1) is 0 Å². The lowest BCUT2D eigenvalue weighted by molar-refractivity contribution is 0.0336. The fourth-order valence-corrected chi connectivity index (χ4v) is 5.11. The van der Waals surface area contributed by atoms with Gasteiger partial charge in [-0.1, -0.05) is 0 Å². The number of hydrogen-bond donors (Lipinski definition) is 0. The zero-order valence-corrected chi connectivity index (χ0v) is 21.4. The van der Waals surface area contributed by atoms with Gasteiger partial charge in [-0.25, -0.2) is 4.98 Å². The highest BCUT2D eigenvalue weighted by Crippen LogP contribution is 2.36. The number of hydrogen-bond acceptors (Lipinski definition) is 7. The molecule has 2 saturated heterocycles. The molecule has 0 saturated carbocycles. The number of fused-ring (bicyclic) bond motifs is 1. The van der Waals surface area contributed by atoms with Gasteiger partial charge in [0, 0.05) is 81.4 Å². The standard InChI is InChI=1S/C27H37N5O3/c1-20(2)30-9-11-31(12-10-30)21-7-8-32-24(19-29-13-15-35-16-14-29)27(28-26(32)17-21)23-6-5-22(33-3)18-25(23)34-4/h5-8,17-18,20H,9-16,19H2,1-4H3. The third-order valence-corrected chi connectivity index (χ3v) is 7.26. The smallest absolute Gasteiger partial charge is 0.139 e. The van der Waals surface area contributed by atoms with Gasteiger partial charge < -0.3 is 23.5 Å². The van der Waals surface area contributed by atoms with Gasteiger partial charge in [0.05, 0.1) is 38.8 Å². The molecule has 2 aliphatic heterocycles. The first-order chi connectivity index (χ1) is 17.1. The second-order valence-corrected chi connectivity index (χ2v) is 9.59. The maximum atomic E-state index is 5.76. The van der Waals surface area contributed by atoms with E-state index in [1.165, 1.54) is 11.4 Å². The lowest BCUT2D eigenvalue weighted by Gasteiger charge is -2.38. The van der Waals surface area contributed by atoms with E-state index in [4.69, 9.17) is 19.2 Å². The Bertz CT molecular complexity index is 1150. The van der Waals surface area contributed by atoms with Gasteiger partial charge in [0.25, 0.3) is 0 Å². The number of aromatic nitrogens is 2. The van der Waals surface area contributed by atoms with Crippen LogP contribution >= 0.6 is 0 Å². The summed E-state index contributed by atoms with van der Waals surface area (Å²) in [5, 5.41) is 0. The molecule has 188 valence electrons. The van der Waals surface area contributed by atoms with Crippen LogP contribution in [0.3, 0.4) is 0 Å². The van der Waals surface area contributed by atoms with Crippen LogP contribution in [0.2, 0.25) is 0 Å². The molecule has 35 heavy (non-hydrogen) atoms. The van der Waals surface area contributed by atoms with E-state index in [2.05, 4.69) is 51.3 Å². The van der Waals surface area contributed by atoms with Crippen LogP contribution in [-0.4, -0.2) is 91.9 Å². The van der Waals surface area contributed by atoms with Crippen molar-refractivity contribution in [3.63, 3.8) is 0 Å². The summed E-state index contributed by atoms with van der Waals surface area (Å²) in [6.07, 6.45) is 2.18. The quantitative estimate of drug-likeness (QED) is 0.515. The molecule has 4 heterocycles. The molecule has 0 bridgehead atoms. The van der Waals surface area contributed by atoms with E-state index in [-0.39, 0.29) is 0 Å². The number of methoxy groups -OCH3 is 2. The van der Waals surface area contributed by atoms with E-state index in [9.17, 15) is 0 Å². The highest BCUT2D eigenvalue weighted by atomic mass is 16.5. The van der Waals surface area contributed by atoms with Crippen LogP contribution in [0.15, 0.2) is 36.5 Å². The first kappa shape index (κ1) is 23.9. The molecule has 5 rings (SSSR count). The van der Waals surface area contributed by atoms with Gasteiger partial charge >= 0.3 is 0 Å². The average molecular weight is 480 g/mol. The summed E-state index contributed by atoms with van der Waals surface area (Å²) in [6, 6.07) is 11.0. The topological polar surface area (TPSA) is 54.7 Å². The van der Waals surface area contributed by atoms with Crippen LogP contribution in [0, 0.1) is 0 Å². The molecular weight excluding hydrogens is 442 g/mol. The van der Waals surface area contributed by atoms with Gasteiger partial charge in [0.1, 0.15) is 17.1 Å². The van der Waals surface area contributed by atoms with Crippen LogP contribution in [0.5, 0.6) is 11.5 Å². The Labute approximate surface area is 208 Å². The van der Waals surface area contributed by atoms with Gasteiger partial charge in [-0.05, 0) is 32.0 Å². The highest BCUT2D eigenvalue weighted by Gasteiger charge is 2.23. The van der Waals surface area contributed by atoms with E-state index in [1.54, 1.807) is 14.2 Å². The summed E-state index contributed by atoms with van der Waals surface area (Å²) >= 11 is 0. The van der Waals surface area contributed by atoms with Crippen molar-refractivity contribution in [2.24, 2.45) is 0 Å². The molecule has 0 radical (unpaired) electrons. The normalized spacial score (nSPS) is 17.9. The molecule has 0 amide bonds. The Kier molecular flexibility index (Phi) is 7.13. The molecule has 2 fully saturated rings. The van der Waals surface area contributed by atoms with Crippen molar-refractivity contribution < 1.29 is 14.2 Å². The molecule has 3 aromatic rings. The van der Waals surface area contributed by atoms with Crippen LogP contribution in [0.4, 0.5) is 5.69 Å². The minimum atomic E-state index is 0.594. The molecule has 8 nitrogen and oxygen atoms in total. The molecule has 1 aromatic carbocycles. The van der Waals surface area contributed by atoms with E-state index < -0.39 is 0 Å². The Balaban J connectivity index is 1.53. The van der Waals surface area contributed by atoms with Gasteiger partial charge in [-0.3, -0.25) is 9.80 Å². The number of benzene rings is 1. The second-order valence-electron chi connectivity index (χ2n) is 9.59. The van der Waals surface area contributed by atoms with E-state index in [1.807, 2.05) is 18.2 Å². The first-order valence-electron chi connectivity index (χ1n) is 12.6. The van der Waals surface area contributed by atoms with Crippen LogP contribution in [-0.2, 0) is 11.3 Å². The third kappa shape index (κ3) is 4.96. The predicted octanol–water partition coefficient (Wildman–Crippen LogP) is 3.38. The fraction of sp³-hybridized carbons (Fsp3) is 0.519. The summed E-state index contributed by atoms with van der Waals surface area (Å²) < 4.78 is 19.0. The summed E-state index contributed by atoms with van der Waals surface area (Å²) in [4.78, 5) is 12.6.